The van der Waals surface area contributed by atoms with E-state index in [4.69, 9.17) is 0 Å². The molecule has 0 unspecified atom stereocenters. The number of aromatic nitrogens is 5. The summed E-state index contributed by atoms with van der Waals surface area (Å²) in [6.45, 7) is 0. The fourth-order valence-electron chi connectivity index (χ4n) is 2.30. The zero-order valence-corrected chi connectivity index (χ0v) is 11.3. The summed E-state index contributed by atoms with van der Waals surface area (Å²) in [7, 11) is 1.39. The van der Waals surface area contributed by atoms with Gasteiger partial charge in [0.25, 0.3) is 5.91 Å². The van der Waals surface area contributed by atoms with E-state index in [2.05, 4.69) is 20.6 Å². The molecule has 0 radical (unpaired) electrons. The third-order valence-electron chi connectivity index (χ3n) is 3.65. The SMILES string of the molecule is Cn1nnc2c(C(=O)NC3CC(C(F)(F)F)C3)ncn2c1=O. The van der Waals surface area contributed by atoms with Crippen LogP contribution in [0.25, 0.3) is 5.65 Å². The lowest BCUT2D eigenvalue weighted by atomic mass is 9.80. The van der Waals surface area contributed by atoms with Crippen LogP contribution in [0, 0.1) is 5.92 Å². The van der Waals surface area contributed by atoms with Crippen molar-refractivity contribution < 1.29 is 18.0 Å². The van der Waals surface area contributed by atoms with Gasteiger partial charge in [-0.25, -0.2) is 14.2 Å². The smallest absolute Gasteiger partial charge is 0.348 e. The third kappa shape index (κ3) is 2.31. The first-order valence-electron chi connectivity index (χ1n) is 6.42. The zero-order valence-electron chi connectivity index (χ0n) is 11.3. The van der Waals surface area contributed by atoms with Crippen LogP contribution < -0.4 is 11.0 Å². The molecule has 0 saturated heterocycles. The Morgan fingerprint density at radius 3 is 2.73 bits per heavy atom. The number of aryl methyl sites for hydroxylation is 1. The molecule has 118 valence electrons. The van der Waals surface area contributed by atoms with Crippen molar-refractivity contribution in [2.75, 3.05) is 0 Å². The number of hydrogen-bond donors (Lipinski definition) is 1. The maximum Gasteiger partial charge on any atom is 0.391 e. The van der Waals surface area contributed by atoms with Gasteiger partial charge in [0.2, 0.25) is 0 Å². The van der Waals surface area contributed by atoms with Gasteiger partial charge in [0, 0.05) is 13.1 Å². The van der Waals surface area contributed by atoms with Gasteiger partial charge in [-0.3, -0.25) is 4.79 Å². The van der Waals surface area contributed by atoms with E-state index < -0.39 is 29.7 Å². The first-order chi connectivity index (χ1) is 10.3. The molecule has 1 aliphatic rings. The normalized spacial score (nSPS) is 21.6. The van der Waals surface area contributed by atoms with Gasteiger partial charge in [0.1, 0.15) is 6.33 Å². The molecular formula is C11H11F3N6O2. The number of rotatable bonds is 2. The molecule has 2 heterocycles. The lowest BCUT2D eigenvalue weighted by molar-refractivity contribution is -0.198. The van der Waals surface area contributed by atoms with Crippen molar-refractivity contribution in [2.24, 2.45) is 13.0 Å². The van der Waals surface area contributed by atoms with E-state index in [9.17, 15) is 22.8 Å². The van der Waals surface area contributed by atoms with Crippen molar-refractivity contribution in [3.05, 3.63) is 22.5 Å². The van der Waals surface area contributed by atoms with Gasteiger partial charge in [0.15, 0.2) is 11.3 Å². The number of halogens is 3. The molecule has 1 aliphatic carbocycles. The van der Waals surface area contributed by atoms with E-state index in [-0.39, 0.29) is 24.2 Å². The summed E-state index contributed by atoms with van der Waals surface area (Å²) in [5.74, 6) is -2.06. The van der Waals surface area contributed by atoms with Gasteiger partial charge in [-0.2, -0.15) is 17.9 Å². The molecule has 1 N–H and O–H groups in total. The molecule has 0 bridgehead atoms. The highest BCUT2D eigenvalue weighted by Crippen LogP contribution is 2.41. The summed E-state index contributed by atoms with van der Waals surface area (Å²) in [5.41, 5.74) is -0.703. The number of fused-ring (bicyclic) bond motifs is 1. The van der Waals surface area contributed by atoms with Crippen LogP contribution in [0.2, 0.25) is 0 Å². The van der Waals surface area contributed by atoms with E-state index in [1.165, 1.54) is 7.05 Å². The number of imidazole rings is 1. The first kappa shape index (κ1) is 14.5. The minimum Gasteiger partial charge on any atom is -0.348 e. The molecule has 1 amide bonds. The number of carbonyl (C=O) groups is 1. The average Bonchev–Trinajstić information content (AvgIpc) is 2.80. The number of amides is 1. The number of hydrogen-bond acceptors (Lipinski definition) is 5. The molecular weight excluding hydrogens is 305 g/mol. The number of nitrogens with one attached hydrogen (secondary N) is 1. The molecule has 11 heteroatoms. The summed E-state index contributed by atoms with van der Waals surface area (Å²) in [5, 5.41) is 9.70. The Hall–Kier alpha value is -2.46. The predicted molar refractivity (Wildman–Crippen MR) is 66.1 cm³/mol. The topological polar surface area (TPSA) is 94.2 Å². The summed E-state index contributed by atoms with van der Waals surface area (Å²) < 4.78 is 39.2. The molecule has 2 aromatic heterocycles. The molecule has 1 fully saturated rings. The second-order valence-corrected chi connectivity index (χ2v) is 5.16. The molecule has 1 saturated carbocycles. The fourth-order valence-corrected chi connectivity index (χ4v) is 2.30. The highest BCUT2D eigenvalue weighted by atomic mass is 19.4. The average molecular weight is 316 g/mol. The van der Waals surface area contributed by atoms with Crippen molar-refractivity contribution in [1.29, 1.82) is 0 Å². The van der Waals surface area contributed by atoms with Crippen molar-refractivity contribution >= 4 is 11.6 Å². The van der Waals surface area contributed by atoms with E-state index in [0.717, 1.165) is 15.4 Å². The number of carbonyl (C=O) groups excluding carboxylic acids is 1. The molecule has 22 heavy (non-hydrogen) atoms. The van der Waals surface area contributed by atoms with Crippen molar-refractivity contribution in [1.82, 2.24) is 29.7 Å². The maximum atomic E-state index is 12.4. The summed E-state index contributed by atoms with van der Waals surface area (Å²) >= 11 is 0. The third-order valence-corrected chi connectivity index (χ3v) is 3.65. The summed E-state index contributed by atoms with van der Waals surface area (Å²) in [6, 6.07) is -0.560. The van der Waals surface area contributed by atoms with E-state index in [0.29, 0.717) is 0 Å². The van der Waals surface area contributed by atoms with Gasteiger partial charge in [-0.15, -0.1) is 5.10 Å². The largest absolute Gasteiger partial charge is 0.391 e. The highest BCUT2D eigenvalue weighted by Gasteiger charge is 2.48. The molecule has 0 spiro atoms. The minimum atomic E-state index is -4.24. The van der Waals surface area contributed by atoms with Gasteiger partial charge < -0.3 is 5.32 Å². The zero-order chi connectivity index (χ0) is 16.1. The van der Waals surface area contributed by atoms with Crippen LogP contribution >= 0.6 is 0 Å². The van der Waals surface area contributed by atoms with Gasteiger partial charge in [-0.05, 0) is 12.8 Å². The fraction of sp³-hybridized carbons (Fsp3) is 0.545. The van der Waals surface area contributed by atoms with Crippen LogP contribution in [0.4, 0.5) is 13.2 Å². The predicted octanol–water partition coefficient (Wildman–Crippen LogP) is -0.106. The van der Waals surface area contributed by atoms with Crippen LogP contribution in [-0.2, 0) is 7.05 Å². The monoisotopic (exact) mass is 316 g/mol. The molecule has 0 aromatic carbocycles. The van der Waals surface area contributed by atoms with Gasteiger partial charge in [-0.1, -0.05) is 5.21 Å². The Labute approximate surface area is 120 Å². The van der Waals surface area contributed by atoms with Gasteiger partial charge in [0.05, 0.1) is 5.92 Å². The molecule has 3 rings (SSSR count). The van der Waals surface area contributed by atoms with Crippen molar-refractivity contribution in [3.8, 4) is 0 Å². The minimum absolute atomic E-state index is 0.0349. The van der Waals surface area contributed by atoms with Gasteiger partial charge >= 0.3 is 11.9 Å². The molecule has 0 aliphatic heterocycles. The maximum absolute atomic E-state index is 12.4. The molecule has 2 aromatic rings. The van der Waals surface area contributed by atoms with Crippen LogP contribution in [0.5, 0.6) is 0 Å². The van der Waals surface area contributed by atoms with Crippen molar-refractivity contribution in [2.45, 2.75) is 25.1 Å². The second kappa shape index (κ2) is 4.78. The Kier molecular flexibility index (Phi) is 3.15. The number of alkyl halides is 3. The quantitative estimate of drug-likeness (QED) is 0.834. The lowest BCUT2D eigenvalue weighted by Crippen LogP contribution is -2.49. The van der Waals surface area contributed by atoms with E-state index >= 15 is 0 Å². The first-order valence-corrected chi connectivity index (χ1v) is 6.42. The highest BCUT2D eigenvalue weighted by molar-refractivity contribution is 5.98. The number of nitrogens with zero attached hydrogens (tertiary/aromatic N) is 5. The molecule has 8 nitrogen and oxygen atoms in total. The van der Waals surface area contributed by atoms with Crippen LogP contribution in [-0.4, -0.2) is 42.5 Å². The van der Waals surface area contributed by atoms with Crippen molar-refractivity contribution in [3.63, 3.8) is 0 Å². The van der Waals surface area contributed by atoms with E-state index in [1.54, 1.807) is 0 Å². The van der Waals surface area contributed by atoms with Crippen LogP contribution in [0.15, 0.2) is 11.1 Å². The lowest BCUT2D eigenvalue weighted by Gasteiger charge is -2.36. The van der Waals surface area contributed by atoms with Crippen LogP contribution in [0.1, 0.15) is 23.3 Å². The Morgan fingerprint density at radius 1 is 1.41 bits per heavy atom. The second-order valence-electron chi connectivity index (χ2n) is 5.16. The standard InChI is InChI=1S/C11H11F3N6O2/c1-19-10(22)20-4-15-7(8(20)17-18-19)9(21)16-6-2-5(3-6)11(12,13)14/h4-6H,2-3H2,1H3,(H,16,21). The summed E-state index contributed by atoms with van der Waals surface area (Å²) in [6.07, 6.45) is -3.43. The Bertz CT molecular complexity index is 789. The van der Waals surface area contributed by atoms with E-state index in [1.807, 2.05) is 0 Å². The Balaban J connectivity index is 1.75. The molecule has 0 atom stereocenters. The Morgan fingerprint density at radius 2 is 2.09 bits per heavy atom. The summed E-state index contributed by atoms with van der Waals surface area (Å²) in [4.78, 5) is 27.6. The van der Waals surface area contributed by atoms with Crippen LogP contribution in [0.3, 0.4) is 0 Å².